The summed E-state index contributed by atoms with van der Waals surface area (Å²) in [6.07, 6.45) is 0. The van der Waals surface area contributed by atoms with Crippen molar-refractivity contribution in [1.29, 1.82) is 0 Å². The Morgan fingerprint density at radius 3 is 2.31 bits per heavy atom. The van der Waals surface area contributed by atoms with Gasteiger partial charge in [-0.1, -0.05) is 54.2 Å². The molecule has 0 fully saturated rings. The van der Waals surface area contributed by atoms with Gasteiger partial charge in [0.2, 0.25) is 5.91 Å². The van der Waals surface area contributed by atoms with Crippen molar-refractivity contribution < 1.29 is 24.2 Å². The van der Waals surface area contributed by atoms with Gasteiger partial charge in [-0.25, -0.2) is 0 Å². The Morgan fingerprint density at radius 1 is 0.943 bits per heavy atom. The third-order valence-electron chi connectivity index (χ3n) is 5.03. The van der Waals surface area contributed by atoms with Crippen molar-refractivity contribution >= 4 is 29.3 Å². The van der Waals surface area contributed by atoms with E-state index in [9.17, 15) is 14.7 Å². The van der Waals surface area contributed by atoms with E-state index in [4.69, 9.17) is 9.47 Å². The summed E-state index contributed by atoms with van der Waals surface area (Å²) in [7, 11) is 3.13. The van der Waals surface area contributed by atoms with Crippen LogP contribution in [0.25, 0.3) is 17.1 Å². The van der Waals surface area contributed by atoms with Gasteiger partial charge in [-0.15, -0.1) is 10.2 Å². The molecule has 0 saturated heterocycles. The zero-order chi connectivity index (χ0) is 24.8. The van der Waals surface area contributed by atoms with Gasteiger partial charge in [0.15, 0.2) is 22.5 Å². The van der Waals surface area contributed by atoms with Crippen molar-refractivity contribution in [3.05, 3.63) is 78.4 Å². The van der Waals surface area contributed by atoms with E-state index in [-0.39, 0.29) is 17.2 Å². The first-order valence-electron chi connectivity index (χ1n) is 10.5. The molecular formula is C25H21N4O5S-. The van der Waals surface area contributed by atoms with Crippen molar-refractivity contribution in [3.8, 4) is 28.6 Å². The summed E-state index contributed by atoms with van der Waals surface area (Å²) in [5, 5.41) is 22.9. The summed E-state index contributed by atoms with van der Waals surface area (Å²) >= 11 is 1.22. The molecule has 1 amide bonds. The molecule has 0 aliphatic rings. The van der Waals surface area contributed by atoms with E-state index in [0.29, 0.717) is 28.2 Å². The summed E-state index contributed by atoms with van der Waals surface area (Å²) in [6, 6.07) is 20.8. The summed E-state index contributed by atoms with van der Waals surface area (Å²) in [4.78, 5) is 23.5. The summed E-state index contributed by atoms with van der Waals surface area (Å²) in [6.45, 7) is 0. The van der Waals surface area contributed by atoms with Gasteiger partial charge in [-0.3, -0.25) is 9.36 Å². The molecule has 3 aromatic carbocycles. The molecule has 0 atom stereocenters. The molecule has 178 valence electrons. The van der Waals surface area contributed by atoms with Crippen LogP contribution in [0.5, 0.6) is 11.5 Å². The maximum absolute atomic E-state index is 12.6. The molecule has 0 aliphatic carbocycles. The Balaban J connectivity index is 1.60. The lowest BCUT2D eigenvalue weighted by atomic mass is 10.2. The van der Waals surface area contributed by atoms with E-state index in [1.807, 2.05) is 47.0 Å². The second-order valence-electron chi connectivity index (χ2n) is 7.25. The fraction of sp³-hybridized carbons (Fsp3) is 0.120. The predicted molar refractivity (Wildman–Crippen MR) is 130 cm³/mol. The lowest BCUT2D eigenvalue weighted by molar-refractivity contribution is -0.255. The first-order chi connectivity index (χ1) is 17.0. The second kappa shape index (κ2) is 10.7. The summed E-state index contributed by atoms with van der Waals surface area (Å²) < 4.78 is 12.7. The van der Waals surface area contributed by atoms with E-state index in [2.05, 4.69) is 15.5 Å². The Labute approximate surface area is 205 Å². The Kier molecular flexibility index (Phi) is 7.32. The molecule has 0 spiro atoms. The molecule has 0 unspecified atom stereocenters. The van der Waals surface area contributed by atoms with Gasteiger partial charge in [0.1, 0.15) is 0 Å². The number of nitrogens with zero attached hydrogens (tertiary/aromatic N) is 3. The number of benzene rings is 3. The first-order valence-corrected chi connectivity index (χ1v) is 11.5. The fourth-order valence-corrected chi connectivity index (χ4v) is 4.10. The molecular weight excluding hydrogens is 468 g/mol. The highest BCUT2D eigenvalue weighted by Gasteiger charge is 2.19. The minimum atomic E-state index is -1.28. The number of hydrogen-bond donors (Lipinski definition) is 1. The SMILES string of the molecule is COc1ccc(-n2c(SCC(=O)Nc3ccc(C(=O)[O-])cc3)nnc2-c2ccccc2)cc1OC. The number of amides is 1. The number of hydrogen-bond acceptors (Lipinski definition) is 8. The van der Waals surface area contributed by atoms with Gasteiger partial charge in [0.05, 0.1) is 31.6 Å². The lowest BCUT2D eigenvalue weighted by Gasteiger charge is -2.14. The number of thioether (sulfide) groups is 1. The summed E-state index contributed by atoms with van der Waals surface area (Å²) in [5.74, 6) is 0.248. The van der Waals surface area contributed by atoms with Crippen molar-refractivity contribution in [1.82, 2.24) is 14.8 Å². The molecule has 10 heteroatoms. The lowest BCUT2D eigenvalue weighted by Crippen LogP contribution is -2.22. The second-order valence-corrected chi connectivity index (χ2v) is 8.19. The van der Waals surface area contributed by atoms with Crippen LogP contribution in [0.1, 0.15) is 10.4 Å². The highest BCUT2D eigenvalue weighted by molar-refractivity contribution is 7.99. The zero-order valence-corrected chi connectivity index (χ0v) is 19.7. The average Bonchev–Trinajstić information content (AvgIpc) is 3.32. The third kappa shape index (κ3) is 5.44. The molecule has 9 nitrogen and oxygen atoms in total. The molecule has 0 saturated carbocycles. The van der Waals surface area contributed by atoms with Crippen molar-refractivity contribution in [2.24, 2.45) is 0 Å². The largest absolute Gasteiger partial charge is 0.545 e. The molecule has 4 rings (SSSR count). The number of ether oxygens (including phenoxy) is 2. The van der Waals surface area contributed by atoms with Gasteiger partial charge >= 0.3 is 0 Å². The zero-order valence-electron chi connectivity index (χ0n) is 18.9. The normalized spacial score (nSPS) is 10.6. The smallest absolute Gasteiger partial charge is 0.234 e. The van der Waals surface area contributed by atoms with Crippen LogP contribution in [0.2, 0.25) is 0 Å². The van der Waals surface area contributed by atoms with E-state index < -0.39 is 5.97 Å². The minimum Gasteiger partial charge on any atom is -0.545 e. The van der Waals surface area contributed by atoms with Crippen molar-refractivity contribution in [2.75, 3.05) is 25.3 Å². The van der Waals surface area contributed by atoms with Gasteiger partial charge in [-0.2, -0.15) is 0 Å². The van der Waals surface area contributed by atoms with Crippen LogP contribution in [0.3, 0.4) is 0 Å². The number of carbonyl (C=O) groups excluding carboxylic acids is 2. The highest BCUT2D eigenvalue weighted by Crippen LogP contribution is 2.33. The monoisotopic (exact) mass is 489 g/mol. The number of carbonyl (C=O) groups is 2. The van der Waals surface area contributed by atoms with Gasteiger partial charge < -0.3 is 24.7 Å². The van der Waals surface area contributed by atoms with E-state index >= 15 is 0 Å². The number of carboxylic acid groups (broad SMARTS) is 1. The molecule has 0 radical (unpaired) electrons. The number of nitrogens with one attached hydrogen (secondary N) is 1. The molecule has 1 heterocycles. The number of carboxylic acids is 1. The van der Waals surface area contributed by atoms with Gasteiger partial charge in [-0.05, 0) is 29.8 Å². The number of aromatic carboxylic acids is 1. The maximum Gasteiger partial charge on any atom is 0.234 e. The molecule has 1 N–H and O–H groups in total. The number of anilines is 1. The standard InChI is InChI=1S/C25H22N4O5S/c1-33-20-13-12-19(14-21(20)34-2)29-23(16-6-4-3-5-7-16)27-28-25(29)35-15-22(30)26-18-10-8-17(9-11-18)24(31)32/h3-14H,15H2,1-2H3,(H,26,30)(H,31,32)/p-1. The van der Waals surface area contributed by atoms with Crippen LogP contribution in [0, 0.1) is 0 Å². The predicted octanol–water partition coefficient (Wildman–Crippen LogP) is 3.05. The number of aromatic nitrogens is 3. The Hall–Kier alpha value is -4.31. The molecule has 35 heavy (non-hydrogen) atoms. The van der Waals surface area contributed by atoms with Crippen LogP contribution >= 0.6 is 11.8 Å². The van der Waals surface area contributed by atoms with Gasteiger partial charge in [0.25, 0.3) is 0 Å². The number of rotatable bonds is 9. The van der Waals surface area contributed by atoms with E-state index in [1.165, 1.54) is 36.0 Å². The van der Waals surface area contributed by atoms with Crippen LogP contribution in [-0.2, 0) is 4.79 Å². The van der Waals surface area contributed by atoms with E-state index in [0.717, 1.165) is 11.3 Å². The first kappa shape index (κ1) is 23.8. The van der Waals surface area contributed by atoms with Crippen molar-refractivity contribution in [2.45, 2.75) is 5.16 Å². The Morgan fingerprint density at radius 2 is 1.66 bits per heavy atom. The highest BCUT2D eigenvalue weighted by atomic mass is 32.2. The Bertz CT molecular complexity index is 1340. The topological polar surface area (TPSA) is 118 Å². The number of methoxy groups -OCH3 is 2. The maximum atomic E-state index is 12.6. The van der Waals surface area contributed by atoms with Crippen LogP contribution in [0.15, 0.2) is 78.0 Å². The van der Waals surface area contributed by atoms with E-state index in [1.54, 1.807) is 20.3 Å². The van der Waals surface area contributed by atoms with Crippen LogP contribution in [0.4, 0.5) is 5.69 Å². The summed E-state index contributed by atoms with van der Waals surface area (Å²) in [5.41, 5.74) is 2.12. The molecule has 1 aromatic heterocycles. The molecule has 4 aromatic rings. The molecule has 0 bridgehead atoms. The van der Waals surface area contributed by atoms with Gasteiger partial charge in [0, 0.05) is 17.3 Å². The van der Waals surface area contributed by atoms with Crippen LogP contribution in [-0.4, -0.2) is 46.6 Å². The third-order valence-corrected chi connectivity index (χ3v) is 5.96. The fourth-order valence-electron chi connectivity index (χ4n) is 3.35. The average molecular weight is 490 g/mol. The quantitative estimate of drug-likeness (QED) is 0.357. The van der Waals surface area contributed by atoms with Crippen LogP contribution < -0.4 is 19.9 Å². The minimum absolute atomic E-state index is 0.0360. The van der Waals surface area contributed by atoms with Crippen molar-refractivity contribution in [3.63, 3.8) is 0 Å². The molecule has 0 aliphatic heterocycles.